The van der Waals surface area contributed by atoms with Gasteiger partial charge in [0.2, 0.25) is 5.43 Å². The van der Waals surface area contributed by atoms with Gasteiger partial charge < -0.3 is 29.6 Å². The summed E-state index contributed by atoms with van der Waals surface area (Å²) < 4.78 is 11.9. The van der Waals surface area contributed by atoms with E-state index in [0.717, 1.165) is 0 Å². The summed E-state index contributed by atoms with van der Waals surface area (Å²) >= 11 is 0. The van der Waals surface area contributed by atoms with Crippen LogP contribution in [0.4, 0.5) is 0 Å². The van der Waals surface area contributed by atoms with Crippen molar-refractivity contribution in [2.75, 3.05) is 0 Å². The first-order valence-electron chi connectivity index (χ1n) is 9.65. The fourth-order valence-electron chi connectivity index (χ4n) is 3.64. The highest BCUT2D eigenvalue weighted by Gasteiger charge is 2.30. The van der Waals surface area contributed by atoms with E-state index in [1.54, 1.807) is 6.08 Å². The molecule has 0 saturated heterocycles. The van der Waals surface area contributed by atoms with Crippen molar-refractivity contribution in [3.8, 4) is 17.2 Å². The lowest BCUT2D eigenvalue weighted by atomic mass is 9.92. The molecule has 4 rings (SSSR count). The maximum atomic E-state index is 13.4. The van der Waals surface area contributed by atoms with Gasteiger partial charge in [-0.1, -0.05) is 0 Å². The molecule has 7 nitrogen and oxygen atoms in total. The second-order valence-corrected chi connectivity index (χ2v) is 8.79. The monoisotopic (exact) mass is 412 g/mol. The number of rotatable bonds is 3. The first kappa shape index (κ1) is 20.3. The minimum Gasteiger partial charge on any atom is -0.508 e. The number of ether oxygens (including phenoxy) is 1. The van der Waals surface area contributed by atoms with Crippen LogP contribution in [0.5, 0.6) is 17.2 Å². The summed E-state index contributed by atoms with van der Waals surface area (Å²) in [6.07, 6.45) is 2.21. The molecule has 0 saturated carbocycles. The molecule has 7 heteroatoms. The van der Waals surface area contributed by atoms with E-state index in [1.807, 2.05) is 19.9 Å². The molecule has 2 heterocycles. The fourth-order valence-corrected chi connectivity index (χ4v) is 3.64. The largest absolute Gasteiger partial charge is 0.508 e. The van der Waals surface area contributed by atoms with Crippen LogP contribution < -0.4 is 10.2 Å². The van der Waals surface area contributed by atoms with Gasteiger partial charge in [0.15, 0.2) is 5.58 Å². The highest BCUT2D eigenvalue weighted by atomic mass is 16.5. The Morgan fingerprint density at radius 1 is 1.13 bits per heavy atom. The molecule has 1 aromatic heterocycles. The summed E-state index contributed by atoms with van der Waals surface area (Å²) in [5, 5.41) is 41.4. The van der Waals surface area contributed by atoms with Crippen molar-refractivity contribution in [1.29, 1.82) is 0 Å². The van der Waals surface area contributed by atoms with E-state index in [-0.39, 0.29) is 45.4 Å². The Bertz CT molecular complexity index is 1260. The van der Waals surface area contributed by atoms with Gasteiger partial charge in [-0.15, -0.1) is 0 Å². The molecule has 2 aromatic carbocycles. The van der Waals surface area contributed by atoms with E-state index in [2.05, 4.69) is 0 Å². The molecule has 3 aromatic rings. The van der Waals surface area contributed by atoms with Crippen LogP contribution in [0.15, 0.2) is 33.5 Å². The van der Waals surface area contributed by atoms with Crippen LogP contribution in [0.1, 0.15) is 38.8 Å². The molecule has 1 aliphatic rings. The Morgan fingerprint density at radius 2 is 1.83 bits per heavy atom. The number of aliphatic hydroxyl groups excluding tert-OH is 1. The van der Waals surface area contributed by atoms with Crippen molar-refractivity contribution in [2.45, 2.75) is 51.4 Å². The van der Waals surface area contributed by atoms with E-state index in [0.29, 0.717) is 11.3 Å². The SMILES string of the molecule is CC1(C)C=Cc2c(cc(O)c3c(=O)c4c(CC(O)C(C)(C)O)c(O)ccc4oc23)O1. The zero-order chi connectivity index (χ0) is 22.0. The Kier molecular flexibility index (Phi) is 4.38. The summed E-state index contributed by atoms with van der Waals surface area (Å²) in [4.78, 5) is 13.4. The van der Waals surface area contributed by atoms with E-state index in [4.69, 9.17) is 9.15 Å². The molecule has 1 aliphatic heterocycles. The van der Waals surface area contributed by atoms with Crippen LogP contribution in [0.3, 0.4) is 0 Å². The molecule has 0 aliphatic carbocycles. The van der Waals surface area contributed by atoms with Crippen LogP contribution in [0.2, 0.25) is 0 Å². The molecular weight excluding hydrogens is 388 g/mol. The van der Waals surface area contributed by atoms with E-state index in [1.165, 1.54) is 32.0 Å². The van der Waals surface area contributed by atoms with Crippen LogP contribution in [-0.2, 0) is 6.42 Å². The molecule has 30 heavy (non-hydrogen) atoms. The number of hydrogen-bond donors (Lipinski definition) is 4. The maximum Gasteiger partial charge on any atom is 0.204 e. The predicted octanol–water partition coefficient (Wildman–Crippen LogP) is 3.22. The minimum atomic E-state index is -1.44. The minimum absolute atomic E-state index is 0.0428. The molecule has 0 fully saturated rings. The molecule has 0 spiro atoms. The van der Waals surface area contributed by atoms with Gasteiger partial charge in [0.05, 0.1) is 22.7 Å². The molecule has 1 atom stereocenters. The third-order valence-electron chi connectivity index (χ3n) is 5.41. The third kappa shape index (κ3) is 3.20. The quantitative estimate of drug-likeness (QED) is 0.488. The lowest BCUT2D eigenvalue weighted by molar-refractivity contribution is -0.0469. The van der Waals surface area contributed by atoms with Crippen molar-refractivity contribution in [3.05, 3.63) is 45.6 Å². The molecular formula is C23H24O7. The molecule has 0 radical (unpaired) electrons. The number of hydrogen-bond acceptors (Lipinski definition) is 7. The Morgan fingerprint density at radius 3 is 2.50 bits per heavy atom. The van der Waals surface area contributed by atoms with Crippen molar-refractivity contribution in [1.82, 2.24) is 0 Å². The number of aliphatic hydroxyl groups is 2. The highest BCUT2D eigenvalue weighted by molar-refractivity contribution is 6.00. The fraction of sp³-hybridized carbons (Fsp3) is 0.348. The first-order chi connectivity index (χ1) is 13.9. The average Bonchev–Trinajstić information content (AvgIpc) is 2.62. The van der Waals surface area contributed by atoms with Gasteiger partial charge in [-0.3, -0.25) is 4.79 Å². The summed E-state index contributed by atoms with van der Waals surface area (Å²) in [7, 11) is 0. The van der Waals surface area contributed by atoms with Gasteiger partial charge in [-0.05, 0) is 52.0 Å². The van der Waals surface area contributed by atoms with Crippen LogP contribution >= 0.6 is 0 Å². The molecule has 0 amide bonds. The van der Waals surface area contributed by atoms with Gasteiger partial charge >= 0.3 is 0 Å². The van der Waals surface area contributed by atoms with Crippen LogP contribution in [-0.4, -0.2) is 37.7 Å². The van der Waals surface area contributed by atoms with Crippen LogP contribution in [0, 0.1) is 0 Å². The molecule has 1 unspecified atom stereocenters. The number of fused-ring (bicyclic) bond motifs is 4. The third-order valence-corrected chi connectivity index (χ3v) is 5.41. The summed E-state index contributed by atoms with van der Waals surface area (Å²) in [6, 6.07) is 4.20. The van der Waals surface area contributed by atoms with Gasteiger partial charge in [0.1, 0.15) is 33.8 Å². The van der Waals surface area contributed by atoms with Gasteiger partial charge in [0, 0.05) is 18.1 Å². The second kappa shape index (κ2) is 6.48. The smallest absolute Gasteiger partial charge is 0.204 e. The topological polar surface area (TPSA) is 120 Å². The van der Waals surface area contributed by atoms with E-state index < -0.39 is 22.7 Å². The van der Waals surface area contributed by atoms with Gasteiger partial charge in [0.25, 0.3) is 0 Å². The Labute approximate surface area is 172 Å². The predicted molar refractivity (Wildman–Crippen MR) is 113 cm³/mol. The van der Waals surface area contributed by atoms with Crippen molar-refractivity contribution in [2.24, 2.45) is 0 Å². The van der Waals surface area contributed by atoms with E-state index in [9.17, 15) is 25.2 Å². The zero-order valence-corrected chi connectivity index (χ0v) is 17.2. The zero-order valence-electron chi connectivity index (χ0n) is 17.2. The van der Waals surface area contributed by atoms with E-state index >= 15 is 0 Å². The van der Waals surface area contributed by atoms with Gasteiger partial charge in [-0.25, -0.2) is 0 Å². The highest BCUT2D eigenvalue weighted by Crippen LogP contribution is 2.41. The molecule has 158 valence electrons. The van der Waals surface area contributed by atoms with Gasteiger partial charge in [-0.2, -0.15) is 0 Å². The number of phenolic OH excluding ortho intramolecular Hbond substituents is 2. The van der Waals surface area contributed by atoms with Crippen LogP contribution in [0.25, 0.3) is 28.0 Å². The first-order valence-corrected chi connectivity index (χ1v) is 9.65. The van der Waals surface area contributed by atoms with Crippen molar-refractivity contribution in [3.63, 3.8) is 0 Å². The lowest BCUT2D eigenvalue weighted by Gasteiger charge is -2.28. The summed E-state index contributed by atoms with van der Waals surface area (Å²) in [5.41, 5.74) is -1.52. The second-order valence-electron chi connectivity index (χ2n) is 8.79. The summed E-state index contributed by atoms with van der Waals surface area (Å²) in [6.45, 7) is 6.61. The maximum absolute atomic E-state index is 13.4. The molecule has 4 N–H and O–H groups in total. The Hall–Kier alpha value is -3.03. The normalized spacial score (nSPS) is 16.5. The summed E-state index contributed by atoms with van der Waals surface area (Å²) in [5.74, 6) is -0.117. The van der Waals surface area contributed by atoms with Crippen molar-refractivity contribution < 1.29 is 29.6 Å². The van der Waals surface area contributed by atoms with Crippen molar-refractivity contribution >= 4 is 28.0 Å². The number of phenols is 2. The molecule has 0 bridgehead atoms. The standard InChI is InChI=1S/C23H24O7/c1-22(2)8-7-11-16(30-22)10-14(25)19-20(27)18-12(9-17(26)23(3,4)28)13(24)5-6-15(18)29-21(11)19/h5-8,10,17,24-26,28H,9H2,1-4H3. The lowest BCUT2D eigenvalue weighted by Crippen LogP contribution is -2.37. The average molecular weight is 412 g/mol. The number of aromatic hydroxyl groups is 2. The Balaban J connectivity index is 2.04. The number of benzene rings is 2.